The molecule has 16 heavy (non-hydrogen) atoms. The molecule has 0 fully saturated rings. The smallest absolute Gasteiger partial charge is 0.193 e. The number of fused-ring (bicyclic) bond motifs is 1. The lowest BCUT2D eigenvalue weighted by Gasteiger charge is -2.06. The van der Waals surface area contributed by atoms with Gasteiger partial charge in [0.05, 0.1) is 12.1 Å². The van der Waals surface area contributed by atoms with Crippen LogP contribution in [0.4, 0.5) is 0 Å². The third kappa shape index (κ3) is 2.31. The highest BCUT2D eigenvalue weighted by atomic mass is 32.1. The number of carbonyl (C=O) groups is 1. The summed E-state index contributed by atoms with van der Waals surface area (Å²) in [5.74, 6) is 0.251. The van der Waals surface area contributed by atoms with Crippen molar-refractivity contribution in [3.05, 3.63) is 23.5 Å². The first-order valence-corrected chi connectivity index (χ1v) is 6.22. The highest BCUT2D eigenvalue weighted by Gasteiger charge is 2.14. The Morgan fingerprint density at radius 1 is 1.69 bits per heavy atom. The second-order valence-electron chi connectivity index (χ2n) is 3.95. The maximum atomic E-state index is 11.8. The van der Waals surface area contributed by atoms with Gasteiger partial charge in [-0.1, -0.05) is 6.92 Å². The molecule has 1 unspecified atom stereocenters. The van der Waals surface area contributed by atoms with E-state index < -0.39 is 0 Å². The molecule has 5 heteroatoms. The van der Waals surface area contributed by atoms with Crippen LogP contribution >= 0.6 is 11.3 Å². The lowest BCUT2D eigenvalue weighted by Crippen LogP contribution is -2.17. The van der Waals surface area contributed by atoms with Gasteiger partial charge in [0.15, 0.2) is 4.96 Å². The summed E-state index contributed by atoms with van der Waals surface area (Å²) in [5.41, 5.74) is 6.28. The molecule has 2 N–H and O–H groups in total. The van der Waals surface area contributed by atoms with Gasteiger partial charge in [-0.15, -0.1) is 11.3 Å². The number of imidazole rings is 1. The molecule has 0 saturated carbocycles. The topological polar surface area (TPSA) is 60.4 Å². The molecule has 0 spiro atoms. The van der Waals surface area contributed by atoms with E-state index in [1.54, 1.807) is 11.3 Å². The van der Waals surface area contributed by atoms with E-state index in [0.717, 1.165) is 17.1 Å². The number of nitrogens with two attached hydrogens (primary N) is 1. The van der Waals surface area contributed by atoms with Crippen molar-refractivity contribution in [1.29, 1.82) is 0 Å². The molecule has 0 radical (unpaired) electrons. The summed E-state index contributed by atoms with van der Waals surface area (Å²) >= 11 is 1.57. The summed E-state index contributed by atoms with van der Waals surface area (Å²) < 4.78 is 1.95. The molecule has 2 heterocycles. The van der Waals surface area contributed by atoms with E-state index >= 15 is 0 Å². The van der Waals surface area contributed by atoms with E-state index in [9.17, 15) is 4.79 Å². The quantitative estimate of drug-likeness (QED) is 0.857. The van der Waals surface area contributed by atoms with Gasteiger partial charge in [0.25, 0.3) is 0 Å². The number of hydrogen-bond acceptors (Lipinski definition) is 4. The molecule has 0 amide bonds. The number of thiazole rings is 1. The molecule has 1 atom stereocenters. The van der Waals surface area contributed by atoms with Crippen LogP contribution < -0.4 is 5.73 Å². The predicted octanol–water partition coefficient (Wildman–Crippen LogP) is 1.49. The molecule has 0 aliphatic rings. The van der Waals surface area contributed by atoms with Crippen molar-refractivity contribution in [2.45, 2.75) is 19.8 Å². The highest BCUT2D eigenvalue weighted by Crippen LogP contribution is 2.13. The molecule has 2 aromatic rings. The van der Waals surface area contributed by atoms with Gasteiger partial charge in [0.1, 0.15) is 5.78 Å². The average molecular weight is 237 g/mol. The second kappa shape index (κ2) is 4.76. The third-order valence-electron chi connectivity index (χ3n) is 2.65. The number of rotatable bonds is 5. The van der Waals surface area contributed by atoms with Gasteiger partial charge in [-0.2, -0.15) is 0 Å². The molecule has 2 rings (SSSR count). The van der Waals surface area contributed by atoms with E-state index in [4.69, 9.17) is 5.73 Å². The van der Waals surface area contributed by atoms with Gasteiger partial charge in [0.2, 0.25) is 0 Å². The number of nitrogens with zero attached hydrogens (tertiary/aromatic N) is 2. The van der Waals surface area contributed by atoms with Gasteiger partial charge in [-0.25, -0.2) is 4.98 Å². The van der Waals surface area contributed by atoms with Gasteiger partial charge in [-0.05, 0) is 13.0 Å². The Hall–Kier alpha value is -1.20. The first-order chi connectivity index (χ1) is 7.70. The second-order valence-corrected chi connectivity index (χ2v) is 4.82. The summed E-state index contributed by atoms with van der Waals surface area (Å²) in [6, 6.07) is 0. The van der Waals surface area contributed by atoms with Crippen LogP contribution in [0.25, 0.3) is 4.96 Å². The van der Waals surface area contributed by atoms with Crippen LogP contribution in [-0.2, 0) is 11.2 Å². The Bertz CT molecular complexity index is 460. The van der Waals surface area contributed by atoms with Crippen LogP contribution in [0.5, 0.6) is 0 Å². The number of ketones is 1. The minimum atomic E-state index is 0.0322. The lowest BCUT2D eigenvalue weighted by molar-refractivity contribution is -0.121. The van der Waals surface area contributed by atoms with Gasteiger partial charge in [-0.3, -0.25) is 9.20 Å². The predicted molar refractivity (Wildman–Crippen MR) is 64.6 cm³/mol. The molecule has 4 nitrogen and oxygen atoms in total. The third-order valence-corrected chi connectivity index (χ3v) is 3.42. The Labute approximate surface area is 98.1 Å². The summed E-state index contributed by atoms with van der Waals surface area (Å²) in [6.07, 6.45) is 5.03. The molecule has 0 saturated heterocycles. The fourth-order valence-electron chi connectivity index (χ4n) is 1.62. The molecule has 0 bridgehead atoms. The van der Waals surface area contributed by atoms with Crippen molar-refractivity contribution in [1.82, 2.24) is 9.38 Å². The number of Topliss-reactive ketones (excluding diaryl/α,β-unsaturated/α-hetero) is 1. The summed E-state index contributed by atoms with van der Waals surface area (Å²) in [7, 11) is 0. The Balaban J connectivity index is 2.04. The van der Waals surface area contributed by atoms with Crippen LogP contribution in [-0.4, -0.2) is 21.7 Å². The molecule has 86 valence electrons. The van der Waals surface area contributed by atoms with Crippen molar-refractivity contribution >= 4 is 22.1 Å². The monoisotopic (exact) mass is 237 g/mol. The van der Waals surface area contributed by atoms with Crippen LogP contribution in [0.2, 0.25) is 0 Å². The molecule has 0 aromatic carbocycles. The molecule has 0 aliphatic carbocycles. The van der Waals surface area contributed by atoms with Gasteiger partial charge in [0, 0.05) is 23.7 Å². The van der Waals surface area contributed by atoms with Crippen molar-refractivity contribution < 1.29 is 4.79 Å². The zero-order chi connectivity index (χ0) is 11.5. The van der Waals surface area contributed by atoms with Crippen molar-refractivity contribution in [2.75, 3.05) is 6.54 Å². The first kappa shape index (κ1) is 11.3. The largest absolute Gasteiger partial charge is 0.330 e. The molecular weight excluding hydrogens is 222 g/mol. The number of hydrogen-bond donors (Lipinski definition) is 1. The molecular formula is C11H15N3OS. The molecule has 0 aliphatic heterocycles. The minimum absolute atomic E-state index is 0.0322. The first-order valence-electron chi connectivity index (χ1n) is 5.34. The van der Waals surface area contributed by atoms with Gasteiger partial charge < -0.3 is 5.73 Å². The normalized spacial score (nSPS) is 13.1. The van der Waals surface area contributed by atoms with Crippen LogP contribution in [0.1, 0.15) is 19.0 Å². The molecule has 2 aromatic heterocycles. The summed E-state index contributed by atoms with van der Waals surface area (Å²) in [4.78, 5) is 17.1. The van der Waals surface area contributed by atoms with Crippen molar-refractivity contribution in [3.63, 3.8) is 0 Å². The average Bonchev–Trinajstić information content (AvgIpc) is 2.78. The fraction of sp³-hybridized carbons (Fsp3) is 0.455. The number of carbonyl (C=O) groups excluding carboxylic acids is 1. The Morgan fingerprint density at radius 3 is 3.19 bits per heavy atom. The zero-order valence-corrected chi connectivity index (χ0v) is 10.0. The van der Waals surface area contributed by atoms with Crippen LogP contribution in [0.15, 0.2) is 17.8 Å². The fourth-order valence-corrected chi connectivity index (χ4v) is 2.34. The van der Waals surface area contributed by atoms with Crippen LogP contribution in [0, 0.1) is 5.92 Å². The van der Waals surface area contributed by atoms with E-state index in [1.807, 2.05) is 29.1 Å². The van der Waals surface area contributed by atoms with E-state index in [1.165, 1.54) is 0 Å². The maximum Gasteiger partial charge on any atom is 0.193 e. The minimum Gasteiger partial charge on any atom is -0.330 e. The standard InChI is InChI=1S/C11H15N3OS/c1-8(2-3-12)10(15)6-9-7-14-4-5-16-11(14)13-9/h4-5,7-8H,2-3,6,12H2,1H3. The van der Waals surface area contributed by atoms with Crippen molar-refractivity contribution in [2.24, 2.45) is 11.7 Å². The zero-order valence-electron chi connectivity index (χ0n) is 9.22. The van der Waals surface area contributed by atoms with Gasteiger partial charge >= 0.3 is 0 Å². The van der Waals surface area contributed by atoms with E-state index in [-0.39, 0.29) is 11.7 Å². The Kier molecular flexibility index (Phi) is 3.36. The van der Waals surface area contributed by atoms with E-state index in [0.29, 0.717) is 13.0 Å². The van der Waals surface area contributed by atoms with Crippen LogP contribution in [0.3, 0.4) is 0 Å². The van der Waals surface area contributed by atoms with Crippen molar-refractivity contribution in [3.8, 4) is 0 Å². The maximum absolute atomic E-state index is 11.8. The lowest BCUT2D eigenvalue weighted by atomic mass is 9.99. The Morgan fingerprint density at radius 2 is 2.50 bits per heavy atom. The summed E-state index contributed by atoms with van der Waals surface area (Å²) in [5, 5.41) is 1.98. The summed E-state index contributed by atoms with van der Waals surface area (Å²) in [6.45, 7) is 2.48. The highest BCUT2D eigenvalue weighted by molar-refractivity contribution is 7.15. The SMILES string of the molecule is CC(CCN)C(=O)Cc1cn2ccsc2n1. The van der Waals surface area contributed by atoms with E-state index in [2.05, 4.69) is 4.98 Å². The number of aromatic nitrogens is 2.